The van der Waals surface area contributed by atoms with Crippen molar-refractivity contribution in [2.24, 2.45) is 4.99 Å². The largest absolute Gasteiger partial charge is 0.357 e. The predicted octanol–water partition coefficient (Wildman–Crippen LogP) is 1.34. The highest BCUT2D eigenvalue weighted by molar-refractivity contribution is 7.92. The molecule has 1 saturated carbocycles. The molecular weight excluding hydrogens is 324 g/mol. The molecular formula is C17H34N4O2S. The summed E-state index contributed by atoms with van der Waals surface area (Å²) in [6.45, 7) is 9.19. The average molecular weight is 359 g/mol. The van der Waals surface area contributed by atoms with E-state index < -0.39 is 14.6 Å². The first-order chi connectivity index (χ1) is 11.3. The highest BCUT2D eigenvalue weighted by Gasteiger charge is 2.40. The Balaban J connectivity index is 1.95. The molecule has 140 valence electrons. The minimum atomic E-state index is -3.02. The second-order valence-corrected chi connectivity index (χ2v) is 10.4. The molecule has 1 heterocycles. The highest BCUT2D eigenvalue weighted by atomic mass is 32.2. The standard InChI is InChI=1S/C17H34N4O2S/c1-5-18-16(19-10-11-20(4)15-8-6-7-9-15)21-12-13-24(22,23)17(2,3)14-21/h15H,5-14H2,1-4H3,(H,18,19). The molecule has 2 rings (SSSR count). The van der Waals surface area contributed by atoms with Gasteiger partial charge < -0.3 is 15.1 Å². The molecule has 0 amide bonds. The third-order valence-corrected chi connectivity index (χ3v) is 7.87. The van der Waals surface area contributed by atoms with Crippen LogP contribution in [0.4, 0.5) is 0 Å². The monoisotopic (exact) mass is 358 g/mol. The van der Waals surface area contributed by atoms with Crippen molar-refractivity contribution in [3.8, 4) is 0 Å². The van der Waals surface area contributed by atoms with E-state index in [2.05, 4.69) is 22.2 Å². The fourth-order valence-electron chi connectivity index (χ4n) is 3.59. The zero-order chi connectivity index (χ0) is 17.8. The van der Waals surface area contributed by atoms with Crippen LogP contribution in [-0.2, 0) is 9.84 Å². The Labute approximate surface area is 147 Å². The Morgan fingerprint density at radius 1 is 1.33 bits per heavy atom. The molecule has 24 heavy (non-hydrogen) atoms. The van der Waals surface area contributed by atoms with Gasteiger partial charge in [-0.2, -0.15) is 0 Å². The van der Waals surface area contributed by atoms with Gasteiger partial charge in [0.1, 0.15) is 0 Å². The summed E-state index contributed by atoms with van der Waals surface area (Å²) in [7, 11) is -0.831. The second-order valence-electron chi connectivity index (χ2n) is 7.65. The minimum absolute atomic E-state index is 0.201. The van der Waals surface area contributed by atoms with Crippen LogP contribution < -0.4 is 5.32 Å². The Morgan fingerprint density at radius 3 is 2.58 bits per heavy atom. The first kappa shape index (κ1) is 19.5. The van der Waals surface area contributed by atoms with Gasteiger partial charge in [-0.25, -0.2) is 8.42 Å². The SMILES string of the molecule is CCNC(=NCCN(C)C1CCCC1)N1CCS(=O)(=O)C(C)(C)C1. The third kappa shape index (κ3) is 4.63. The summed E-state index contributed by atoms with van der Waals surface area (Å²) in [5.41, 5.74) is 0. The molecule has 6 nitrogen and oxygen atoms in total. The van der Waals surface area contributed by atoms with Gasteiger partial charge >= 0.3 is 0 Å². The lowest BCUT2D eigenvalue weighted by Gasteiger charge is -2.39. The zero-order valence-electron chi connectivity index (χ0n) is 15.7. The first-order valence-electron chi connectivity index (χ1n) is 9.22. The van der Waals surface area contributed by atoms with Crippen LogP contribution >= 0.6 is 0 Å². The maximum atomic E-state index is 12.2. The lowest BCUT2D eigenvalue weighted by Crippen LogP contribution is -2.57. The van der Waals surface area contributed by atoms with Gasteiger partial charge in [0.15, 0.2) is 15.8 Å². The van der Waals surface area contributed by atoms with Crippen LogP contribution in [0.2, 0.25) is 0 Å². The molecule has 0 aromatic rings. The molecule has 0 unspecified atom stereocenters. The summed E-state index contributed by atoms with van der Waals surface area (Å²) in [6, 6.07) is 0.710. The fraction of sp³-hybridized carbons (Fsp3) is 0.941. The Bertz CT molecular complexity index is 539. The Kier molecular flexibility index (Phi) is 6.53. The van der Waals surface area contributed by atoms with Crippen molar-refractivity contribution in [2.45, 2.75) is 57.2 Å². The molecule has 2 aliphatic rings. The van der Waals surface area contributed by atoms with Crippen molar-refractivity contribution in [2.75, 3.05) is 45.5 Å². The number of rotatable bonds is 5. The lowest BCUT2D eigenvalue weighted by atomic mass is 10.2. The second kappa shape index (κ2) is 8.04. The van der Waals surface area contributed by atoms with Gasteiger partial charge in [0.2, 0.25) is 0 Å². The third-order valence-electron chi connectivity index (χ3n) is 5.34. The van der Waals surface area contributed by atoms with E-state index in [0.717, 1.165) is 25.6 Å². The first-order valence-corrected chi connectivity index (χ1v) is 10.9. The van der Waals surface area contributed by atoms with E-state index in [1.165, 1.54) is 25.7 Å². The maximum Gasteiger partial charge on any atom is 0.194 e. The van der Waals surface area contributed by atoms with Crippen molar-refractivity contribution in [3.05, 3.63) is 0 Å². The van der Waals surface area contributed by atoms with Gasteiger partial charge in [0.05, 0.1) is 17.0 Å². The van der Waals surface area contributed by atoms with Crippen LogP contribution in [0.25, 0.3) is 0 Å². The molecule has 0 bridgehead atoms. The van der Waals surface area contributed by atoms with E-state index in [1.54, 1.807) is 0 Å². The predicted molar refractivity (Wildman–Crippen MR) is 100 cm³/mol. The molecule has 0 aromatic carbocycles. The summed E-state index contributed by atoms with van der Waals surface area (Å²) in [4.78, 5) is 9.28. The average Bonchev–Trinajstić information content (AvgIpc) is 3.03. The minimum Gasteiger partial charge on any atom is -0.357 e. The van der Waals surface area contributed by atoms with Crippen LogP contribution in [0, 0.1) is 0 Å². The van der Waals surface area contributed by atoms with E-state index in [-0.39, 0.29) is 5.75 Å². The molecule has 1 aliphatic heterocycles. The molecule has 1 N–H and O–H groups in total. The van der Waals surface area contributed by atoms with E-state index in [0.29, 0.717) is 19.1 Å². The van der Waals surface area contributed by atoms with Crippen LogP contribution in [0.15, 0.2) is 4.99 Å². The quantitative estimate of drug-likeness (QED) is 0.593. The number of hydrogen-bond donors (Lipinski definition) is 1. The van der Waals surface area contributed by atoms with Crippen LogP contribution in [0.1, 0.15) is 46.5 Å². The van der Waals surface area contributed by atoms with Crippen molar-refractivity contribution >= 4 is 15.8 Å². The van der Waals surface area contributed by atoms with Crippen LogP contribution in [-0.4, -0.2) is 80.5 Å². The number of hydrogen-bond acceptors (Lipinski definition) is 4. The molecule has 0 spiro atoms. The van der Waals surface area contributed by atoms with Gasteiger partial charge in [-0.05, 0) is 40.7 Å². The van der Waals surface area contributed by atoms with E-state index in [9.17, 15) is 8.42 Å². The summed E-state index contributed by atoms with van der Waals surface area (Å²) in [5.74, 6) is 1.05. The molecule has 0 atom stereocenters. The van der Waals surface area contributed by atoms with Crippen molar-refractivity contribution < 1.29 is 8.42 Å². The van der Waals surface area contributed by atoms with Gasteiger partial charge in [-0.3, -0.25) is 4.99 Å². The molecule has 2 fully saturated rings. The normalized spacial score (nSPS) is 24.5. The lowest BCUT2D eigenvalue weighted by molar-refractivity contribution is 0.252. The maximum absolute atomic E-state index is 12.2. The summed E-state index contributed by atoms with van der Waals surface area (Å²) in [6.07, 6.45) is 5.30. The molecule has 0 aromatic heterocycles. The van der Waals surface area contributed by atoms with Gasteiger partial charge in [0.25, 0.3) is 0 Å². The molecule has 1 aliphatic carbocycles. The summed E-state index contributed by atoms with van der Waals surface area (Å²) in [5, 5.41) is 3.32. The smallest absolute Gasteiger partial charge is 0.194 e. The summed E-state index contributed by atoms with van der Waals surface area (Å²) >= 11 is 0. The number of aliphatic imine (C=N–C) groups is 1. The van der Waals surface area contributed by atoms with Crippen molar-refractivity contribution in [3.63, 3.8) is 0 Å². The van der Waals surface area contributed by atoms with Gasteiger partial charge in [0, 0.05) is 32.2 Å². The number of likely N-dealkylation sites (N-methyl/N-ethyl adjacent to an activating group) is 1. The number of guanidine groups is 1. The van der Waals surface area contributed by atoms with Crippen LogP contribution in [0.5, 0.6) is 0 Å². The van der Waals surface area contributed by atoms with E-state index in [4.69, 9.17) is 4.99 Å². The highest BCUT2D eigenvalue weighted by Crippen LogP contribution is 2.24. The van der Waals surface area contributed by atoms with E-state index in [1.807, 2.05) is 20.8 Å². The number of sulfone groups is 1. The van der Waals surface area contributed by atoms with Gasteiger partial charge in [-0.1, -0.05) is 12.8 Å². The van der Waals surface area contributed by atoms with E-state index >= 15 is 0 Å². The Morgan fingerprint density at radius 2 is 2.00 bits per heavy atom. The van der Waals surface area contributed by atoms with Crippen molar-refractivity contribution in [1.29, 1.82) is 0 Å². The Hall–Kier alpha value is -0.820. The molecule has 7 heteroatoms. The number of nitrogens with zero attached hydrogens (tertiary/aromatic N) is 3. The zero-order valence-corrected chi connectivity index (χ0v) is 16.5. The van der Waals surface area contributed by atoms with Crippen molar-refractivity contribution in [1.82, 2.24) is 15.1 Å². The number of nitrogens with one attached hydrogen (secondary N) is 1. The summed E-state index contributed by atoms with van der Waals surface area (Å²) < 4.78 is 23.7. The topological polar surface area (TPSA) is 65.0 Å². The molecule has 1 saturated heterocycles. The van der Waals surface area contributed by atoms with Crippen LogP contribution in [0.3, 0.4) is 0 Å². The fourth-order valence-corrected chi connectivity index (χ4v) is 4.96. The van der Waals surface area contributed by atoms with Gasteiger partial charge in [-0.15, -0.1) is 0 Å². The molecule has 0 radical (unpaired) electrons.